The third-order valence-electron chi connectivity index (χ3n) is 4.97. The van der Waals surface area contributed by atoms with Gasteiger partial charge in [-0.2, -0.15) is 0 Å². The zero-order chi connectivity index (χ0) is 21.0. The van der Waals surface area contributed by atoms with Gasteiger partial charge in [0.15, 0.2) is 0 Å². The molecule has 0 radical (unpaired) electrons. The summed E-state index contributed by atoms with van der Waals surface area (Å²) in [6, 6.07) is 7.57. The summed E-state index contributed by atoms with van der Waals surface area (Å²) in [4.78, 5) is 18.6. The normalized spacial score (nSPS) is 15.6. The van der Waals surface area contributed by atoms with Crippen LogP contribution in [0.1, 0.15) is 43.4 Å². The Morgan fingerprint density at radius 3 is 2.90 bits per heavy atom. The average molecular weight is 434 g/mol. The maximum absolute atomic E-state index is 11.9. The van der Waals surface area contributed by atoms with Crippen LogP contribution >= 0.6 is 0 Å². The zero-order valence-corrected chi connectivity index (χ0v) is 18.2. The number of furan rings is 1. The van der Waals surface area contributed by atoms with Crippen LogP contribution in [0.15, 0.2) is 41.1 Å². The highest BCUT2D eigenvalue weighted by Crippen LogP contribution is 2.15. The topological polar surface area (TPSA) is 84.7 Å². The highest BCUT2D eigenvalue weighted by Gasteiger charge is 2.11. The van der Waals surface area contributed by atoms with Crippen molar-refractivity contribution in [2.24, 2.45) is 0 Å². The Hall–Kier alpha value is -2.19. The Morgan fingerprint density at radius 1 is 1.23 bits per heavy atom. The van der Waals surface area contributed by atoms with E-state index in [1.54, 1.807) is 18.3 Å². The number of carbonyl (C=O) groups is 1. The van der Waals surface area contributed by atoms with E-state index in [1.165, 1.54) is 44.2 Å². The molecule has 0 saturated carbocycles. The summed E-state index contributed by atoms with van der Waals surface area (Å²) in [5.74, 6) is 1.34. The second-order valence-corrected chi connectivity index (χ2v) is 9.01. The highest BCUT2D eigenvalue weighted by molar-refractivity contribution is 7.84. The van der Waals surface area contributed by atoms with Crippen LogP contribution in [-0.4, -0.2) is 52.0 Å². The third kappa shape index (κ3) is 8.28. The summed E-state index contributed by atoms with van der Waals surface area (Å²) in [5, 5.41) is 2.81. The van der Waals surface area contributed by atoms with E-state index in [4.69, 9.17) is 9.15 Å². The van der Waals surface area contributed by atoms with E-state index in [9.17, 15) is 9.00 Å². The maximum Gasteiger partial charge on any atom is 0.232 e. The Morgan fingerprint density at radius 2 is 2.10 bits per heavy atom. The van der Waals surface area contributed by atoms with Gasteiger partial charge in [-0.25, -0.2) is 4.98 Å². The van der Waals surface area contributed by atoms with Crippen molar-refractivity contribution in [1.82, 2.24) is 15.2 Å². The maximum atomic E-state index is 11.9. The lowest BCUT2D eigenvalue weighted by molar-refractivity contribution is -0.118. The van der Waals surface area contributed by atoms with Gasteiger partial charge in [0.1, 0.15) is 11.5 Å². The van der Waals surface area contributed by atoms with Crippen LogP contribution in [0.3, 0.4) is 0 Å². The standard InChI is InChI=1S/C22H31N3O4S/c26-21(18-30(27)17-20-7-6-14-28-20)23-9-2-5-13-29-22-15-19(8-10-24-22)16-25-11-3-1-4-12-25/h6-8,10,14-15H,1-5,9,11-13,16-18H2,(H,23,26). The molecule has 1 amide bonds. The molecule has 30 heavy (non-hydrogen) atoms. The lowest BCUT2D eigenvalue weighted by atomic mass is 10.1. The molecule has 164 valence electrons. The molecule has 2 aromatic rings. The number of pyridine rings is 1. The first-order chi connectivity index (χ1) is 14.7. The van der Waals surface area contributed by atoms with Crippen LogP contribution in [0.4, 0.5) is 0 Å². The first kappa shape index (κ1) is 22.5. The Kier molecular flexibility index (Phi) is 9.37. The van der Waals surface area contributed by atoms with Gasteiger partial charge in [0, 0.05) is 36.2 Å². The van der Waals surface area contributed by atoms with Gasteiger partial charge in [0.2, 0.25) is 11.8 Å². The number of hydrogen-bond acceptors (Lipinski definition) is 6. The molecule has 0 spiro atoms. The molecular weight excluding hydrogens is 402 g/mol. The molecule has 0 bridgehead atoms. The summed E-state index contributed by atoms with van der Waals surface area (Å²) < 4.78 is 22.8. The van der Waals surface area contributed by atoms with Crippen molar-refractivity contribution in [3.05, 3.63) is 48.0 Å². The molecule has 1 fully saturated rings. The Bertz CT molecular complexity index is 791. The van der Waals surface area contributed by atoms with Crippen molar-refractivity contribution in [3.8, 4) is 5.88 Å². The number of carbonyl (C=O) groups excluding carboxylic acids is 1. The molecule has 3 heterocycles. The van der Waals surface area contributed by atoms with Gasteiger partial charge in [-0.15, -0.1) is 0 Å². The van der Waals surface area contributed by atoms with E-state index < -0.39 is 10.8 Å². The minimum atomic E-state index is -1.26. The van der Waals surface area contributed by atoms with Crippen LogP contribution < -0.4 is 10.1 Å². The van der Waals surface area contributed by atoms with E-state index in [1.807, 2.05) is 12.1 Å². The van der Waals surface area contributed by atoms with Crippen molar-refractivity contribution in [2.75, 3.05) is 32.0 Å². The van der Waals surface area contributed by atoms with E-state index in [-0.39, 0.29) is 17.4 Å². The molecule has 8 heteroatoms. The molecule has 2 aromatic heterocycles. The van der Waals surface area contributed by atoms with Crippen molar-refractivity contribution >= 4 is 16.7 Å². The van der Waals surface area contributed by atoms with E-state index >= 15 is 0 Å². The summed E-state index contributed by atoms with van der Waals surface area (Å²) in [5.41, 5.74) is 1.23. The van der Waals surface area contributed by atoms with Crippen LogP contribution in [0.2, 0.25) is 0 Å². The van der Waals surface area contributed by atoms with Gasteiger partial charge in [-0.05, 0) is 62.5 Å². The predicted octanol–water partition coefficient (Wildman–Crippen LogP) is 2.88. The second kappa shape index (κ2) is 12.5. The Balaban J connectivity index is 1.25. The largest absolute Gasteiger partial charge is 0.478 e. The lowest BCUT2D eigenvalue weighted by Crippen LogP contribution is -2.29. The van der Waals surface area contributed by atoms with Gasteiger partial charge in [-0.1, -0.05) is 6.42 Å². The number of nitrogens with one attached hydrogen (secondary N) is 1. The molecular formula is C22H31N3O4S. The van der Waals surface area contributed by atoms with Gasteiger partial charge >= 0.3 is 0 Å². The monoisotopic (exact) mass is 433 g/mol. The van der Waals surface area contributed by atoms with E-state index in [0.29, 0.717) is 24.8 Å². The summed E-state index contributed by atoms with van der Waals surface area (Å²) in [6.45, 7) is 4.39. The first-order valence-corrected chi connectivity index (χ1v) is 12.1. The van der Waals surface area contributed by atoms with Crippen LogP contribution in [0.5, 0.6) is 5.88 Å². The summed E-state index contributed by atoms with van der Waals surface area (Å²) >= 11 is 0. The smallest absolute Gasteiger partial charge is 0.232 e. The molecule has 7 nitrogen and oxygen atoms in total. The van der Waals surface area contributed by atoms with E-state index in [0.717, 1.165) is 19.4 Å². The fourth-order valence-electron chi connectivity index (χ4n) is 3.44. The molecule has 3 rings (SSSR count). The number of ether oxygens (including phenoxy) is 1. The Labute approximate surface area is 180 Å². The van der Waals surface area contributed by atoms with E-state index in [2.05, 4.69) is 15.2 Å². The van der Waals surface area contributed by atoms with Crippen LogP contribution in [0, 0.1) is 0 Å². The van der Waals surface area contributed by atoms with Gasteiger partial charge in [0.25, 0.3) is 0 Å². The molecule has 1 unspecified atom stereocenters. The highest BCUT2D eigenvalue weighted by atomic mass is 32.2. The van der Waals surface area contributed by atoms with Crippen molar-refractivity contribution in [1.29, 1.82) is 0 Å². The van der Waals surface area contributed by atoms with Crippen molar-refractivity contribution in [3.63, 3.8) is 0 Å². The quantitative estimate of drug-likeness (QED) is 0.518. The molecule has 1 saturated heterocycles. The number of nitrogens with zero attached hydrogens (tertiary/aromatic N) is 2. The van der Waals surface area contributed by atoms with Crippen molar-refractivity contribution in [2.45, 2.75) is 44.4 Å². The molecule has 1 aliphatic rings. The second-order valence-electron chi connectivity index (χ2n) is 7.55. The number of piperidine rings is 1. The molecule has 1 N–H and O–H groups in total. The average Bonchev–Trinajstić information content (AvgIpc) is 3.24. The molecule has 1 atom stereocenters. The fourth-order valence-corrected chi connectivity index (χ4v) is 4.41. The number of hydrogen-bond donors (Lipinski definition) is 1. The van der Waals surface area contributed by atoms with Gasteiger partial charge in [-0.3, -0.25) is 13.9 Å². The number of likely N-dealkylation sites (tertiary alicyclic amines) is 1. The first-order valence-electron chi connectivity index (χ1n) is 10.6. The lowest BCUT2D eigenvalue weighted by Gasteiger charge is -2.26. The molecule has 0 aromatic carbocycles. The van der Waals surface area contributed by atoms with Gasteiger partial charge < -0.3 is 14.5 Å². The third-order valence-corrected chi connectivity index (χ3v) is 6.16. The van der Waals surface area contributed by atoms with Crippen molar-refractivity contribution < 1.29 is 18.2 Å². The number of unbranched alkanes of at least 4 members (excludes halogenated alkanes) is 1. The van der Waals surface area contributed by atoms with Crippen LogP contribution in [0.25, 0.3) is 0 Å². The minimum Gasteiger partial charge on any atom is -0.478 e. The fraction of sp³-hybridized carbons (Fsp3) is 0.545. The van der Waals surface area contributed by atoms with Gasteiger partial charge in [0.05, 0.1) is 18.6 Å². The SMILES string of the molecule is O=C(CS(=O)Cc1ccco1)NCCCCOc1cc(CN2CCCCC2)ccn1. The molecule has 0 aliphatic carbocycles. The number of amides is 1. The van der Waals surface area contributed by atoms with Crippen LogP contribution in [-0.2, 0) is 27.9 Å². The number of rotatable bonds is 12. The zero-order valence-electron chi connectivity index (χ0n) is 17.4. The summed E-state index contributed by atoms with van der Waals surface area (Å²) in [6.07, 6.45) is 8.85. The minimum absolute atomic E-state index is 0.00900. The number of aromatic nitrogens is 1. The molecule has 1 aliphatic heterocycles. The summed E-state index contributed by atoms with van der Waals surface area (Å²) in [7, 11) is -1.26. The predicted molar refractivity (Wildman–Crippen MR) is 117 cm³/mol.